The van der Waals surface area contributed by atoms with Gasteiger partial charge in [-0.25, -0.2) is 0 Å². The van der Waals surface area contributed by atoms with Crippen LogP contribution in [0.15, 0.2) is 24.3 Å². The summed E-state index contributed by atoms with van der Waals surface area (Å²) in [5.41, 5.74) is 2.86. The molecule has 1 aliphatic heterocycles. The minimum atomic E-state index is 0.860. The summed E-state index contributed by atoms with van der Waals surface area (Å²) in [5, 5.41) is 3.55. The Kier molecular flexibility index (Phi) is 4.19. The second kappa shape index (κ2) is 6.06. The van der Waals surface area contributed by atoms with E-state index in [1.165, 1.54) is 56.4 Å². The van der Waals surface area contributed by atoms with Gasteiger partial charge >= 0.3 is 0 Å². The van der Waals surface area contributed by atoms with Crippen molar-refractivity contribution in [2.45, 2.75) is 45.2 Å². The maximum absolute atomic E-state index is 3.55. The van der Waals surface area contributed by atoms with E-state index in [0.29, 0.717) is 0 Å². The van der Waals surface area contributed by atoms with Crippen molar-refractivity contribution in [1.82, 2.24) is 10.2 Å². The van der Waals surface area contributed by atoms with E-state index >= 15 is 0 Å². The topological polar surface area (TPSA) is 15.3 Å². The predicted molar refractivity (Wildman–Crippen MR) is 80.2 cm³/mol. The number of nitrogens with zero attached hydrogens (tertiary/aromatic N) is 1. The molecule has 1 unspecified atom stereocenters. The summed E-state index contributed by atoms with van der Waals surface area (Å²) >= 11 is 0. The van der Waals surface area contributed by atoms with Crippen LogP contribution in [0.25, 0.3) is 0 Å². The molecule has 104 valence electrons. The normalized spacial score (nSPS) is 23.8. The number of piperidine rings is 1. The average Bonchev–Trinajstić information content (AvgIpc) is 3.23. The number of hydrogen-bond donors (Lipinski definition) is 1. The van der Waals surface area contributed by atoms with Gasteiger partial charge < -0.3 is 5.32 Å². The second-order valence-electron chi connectivity index (χ2n) is 6.36. The molecule has 0 radical (unpaired) electrons. The van der Waals surface area contributed by atoms with Crippen LogP contribution in [0.2, 0.25) is 0 Å². The molecule has 1 atom stereocenters. The van der Waals surface area contributed by atoms with Crippen LogP contribution in [0.4, 0.5) is 0 Å². The third kappa shape index (κ3) is 3.80. The van der Waals surface area contributed by atoms with Crippen LogP contribution in [0.3, 0.4) is 0 Å². The Balaban J connectivity index is 1.60. The van der Waals surface area contributed by atoms with E-state index in [0.717, 1.165) is 18.5 Å². The molecule has 2 nitrogen and oxygen atoms in total. The van der Waals surface area contributed by atoms with Crippen LogP contribution >= 0.6 is 0 Å². The summed E-state index contributed by atoms with van der Waals surface area (Å²) < 4.78 is 0. The fourth-order valence-corrected chi connectivity index (χ4v) is 3.24. The molecule has 19 heavy (non-hydrogen) atoms. The molecule has 1 saturated heterocycles. The van der Waals surface area contributed by atoms with E-state index < -0.39 is 0 Å². The van der Waals surface area contributed by atoms with Crippen molar-refractivity contribution in [3.05, 3.63) is 35.4 Å². The van der Waals surface area contributed by atoms with Gasteiger partial charge in [-0.1, -0.05) is 29.8 Å². The van der Waals surface area contributed by atoms with E-state index in [1.807, 2.05) is 0 Å². The predicted octanol–water partition coefficient (Wildman–Crippen LogP) is 2.96. The number of rotatable bonds is 5. The number of hydrogen-bond acceptors (Lipinski definition) is 2. The summed E-state index contributed by atoms with van der Waals surface area (Å²) in [5.74, 6) is 0.860. The molecule has 1 N–H and O–H groups in total. The van der Waals surface area contributed by atoms with Crippen LogP contribution in [0.1, 0.15) is 36.8 Å². The Hall–Kier alpha value is -0.860. The minimum absolute atomic E-state index is 0.860. The first-order valence-electron chi connectivity index (χ1n) is 7.81. The van der Waals surface area contributed by atoms with E-state index in [1.54, 1.807) is 0 Å². The van der Waals surface area contributed by atoms with E-state index in [-0.39, 0.29) is 0 Å². The standard InChI is InChI=1S/C17H26N2/c1-14-4-2-5-15(10-14)12-19(17-7-8-17)13-16-6-3-9-18-11-16/h2,4-5,10,16-18H,3,6-9,11-13H2,1H3. The molecule has 2 aliphatic rings. The van der Waals surface area contributed by atoms with Gasteiger partial charge in [0.1, 0.15) is 0 Å². The zero-order chi connectivity index (χ0) is 13.1. The summed E-state index contributed by atoms with van der Waals surface area (Å²) in [6, 6.07) is 9.87. The van der Waals surface area contributed by atoms with Gasteiger partial charge in [-0.2, -0.15) is 0 Å². The van der Waals surface area contributed by atoms with Crippen molar-refractivity contribution >= 4 is 0 Å². The zero-order valence-corrected chi connectivity index (χ0v) is 12.1. The van der Waals surface area contributed by atoms with Crippen molar-refractivity contribution in [3.63, 3.8) is 0 Å². The SMILES string of the molecule is Cc1cccc(CN(CC2CCCNC2)C2CC2)c1. The molecule has 0 aromatic heterocycles. The highest BCUT2D eigenvalue weighted by Crippen LogP contribution is 2.30. The first-order valence-corrected chi connectivity index (χ1v) is 7.81. The maximum atomic E-state index is 3.55. The molecule has 0 spiro atoms. The summed E-state index contributed by atoms with van der Waals surface area (Å²) in [6.07, 6.45) is 5.58. The van der Waals surface area contributed by atoms with Crippen LogP contribution < -0.4 is 5.32 Å². The zero-order valence-electron chi connectivity index (χ0n) is 12.1. The molecule has 1 saturated carbocycles. The van der Waals surface area contributed by atoms with Crippen molar-refractivity contribution in [3.8, 4) is 0 Å². The summed E-state index contributed by atoms with van der Waals surface area (Å²) in [6.45, 7) is 7.05. The van der Waals surface area contributed by atoms with Gasteiger partial charge in [0.05, 0.1) is 0 Å². The first kappa shape index (κ1) is 13.1. The van der Waals surface area contributed by atoms with E-state index in [2.05, 4.69) is 41.4 Å². The van der Waals surface area contributed by atoms with Crippen LogP contribution in [-0.4, -0.2) is 30.6 Å². The second-order valence-corrected chi connectivity index (χ2v) is 6.36. The molecule has 1 aromatic rings. The van der Waals surface area contributed by atoms with E-state index in [9.17, 15) is 0 Å². The van der Waals surface area contributed by atoms with Crippen LogP contribution in [0.5, 0.6) is 0 Å². The quantitative estimate of drug-likeness (QED) is 0.873. The summed E-state index contributed by atoms with van der Waals surface area (Å²) in [7, 11) is 0. The molecular weight excluding hydrogens is 232 g/mol. The minimum Gasteiger partial charge on any atom is -0.316 e. The molecular formula is C17H26N2. The van der Waals surface area contributed by atoms with Gasteiger partial charge in [0.15, 0.2) is 0 Å². The molecule has 3 rings (SSSR count). The Morgan fingerprint density at radius 1 is 1.26 bits per heavy atom. The van der Waals surface area contributed by atoms with Crippen molar-refractivity contribution in [2.24, 2.45) is 5.92 Å². The third-order valence-corrected chi connectivity index (χ3v) is 4.42. The highest BCUT2D eigenvalue weighted by atomic mass is 15.2. The fraction of sp³-hybridized carbons (Fsp3) is 0.647. The van der Waals surface area contributed by atoms with Crippen LogP contribution in [-0.2, 0) is 6.54 Å². The highest BCUT2D eigenvalue weighted by molar-refractivity contribution is 5.22. The van der Waals surface area contributed by atoms with Gasteiger partial charge in [-0.05, 0) is 57.2 Å². The maximum Gasteiger partial charge on any atom is 0.0236 e. The van der Waals surface area contributed by atoms with Crippen LogP contribution in [0, 0.1) is 12.8 Å². The summed E-state index contributed by atoms with van der Waals surface area (Å²) in [4.78, 5) is 2.73. The molecule has 2 fully saturated rings. The largest absolute Gasteiger partial charge is 0.316 e. The molecule has 0 amide bonds. The smallest absolute Gasteiger partial charge is 0.0236 e. The molecule has 1 aliphatic carbocycles. The Labute approximate surface area is 117 Å². The average molecular weight is 258 g/mol. The van der Waals surface area contributed by atoms with Gasteiger partial charge in [0.2, 0.25) is 0 Å². The molecule has 1 heterocycles. The number of aryl methyl sites for hydroxylation is 1. The Bertz CT molecular complexity index is 405. The number of nitrogens with one attached hydrogen (secondary N) is 1. The first-order chi connectivity index (χ1) is 9.31. The van der Waals surface area contributed by atoms with Gasteiger partial charge in [-0.3, -0.25) is 4.90 Å². The van der Waals surface area contributed by atoms with Crippen molar-refractivity contribution in [1.29, 1.82) is 0 Å². The lowest BCUT2D eigenvalue weighted by molar-refractivity contribution is 0.193. The number of benzene rings is 1. The Morgan fingerprint density at radius 3 is 2.84 bits per heavy atom. The Morgan fingerprint density at radius 2 is 2.16 bits per heavy atom. The lowest BCUT2D eigenvalue weighted by Crippen LogP contribution is -2.39. The third-order valence-electron chi connectivity index (χ3n) is 4.42. The molecule has 0 bridgehead atoms. The fourth-order valence-electron chi connectivity index (χ4n) is 3.24. The monoisotopic (exact) mass is 258 g/mol. The van der Waals surface area contributed by atoms with Gasteiger partial charge in [0, 0.05) is 19.1 Å². The van der Waals surface area contributed by atoms with Crippen molar-refractivity contribution < 1.29 is 0 Å². The molecule has 2 heteroatoms. The van der Waals surface area contributed by atoms with Gasteiger partial charge in [-0.15, -0.1) is 0 Å². The highest BCUT2D eigenvalue weighted by Gasteiger charge is 2.30. The lowest BCUT2D eigenvalue weighted by atomic mass is 9.98. The molecule has 1 aromatic carbocycles. The van der Waals surface area contributed by atoms with Crippen molar-refractivity contribution in [2.75, 3.05) is 19.6 Å². The lowest BCUT2D eigenvalue weighted by Gasteiger charge is -2.30. The van der Waals surface area contributed by atoms with E-state index in [4.69, 9.17) is 0 Å². The van der Waals surface area contributed by atoms with Gasteiger partial charge in [0.25, 0.3) is 0 Å².